The molecule has 37 heavy (non-hydrogen) atoms. The number of carbonyl (C=O) groups excluding carboxylic acids is 4. The number of carbonyl (C=O) groups is 4. The fraction of sp³-hybridized carbons (Fsp3) is 0.185. The number of methoxy groups -OCH3 is 4. The van der Waals surface area contributed by atoms with E-state index in [1.165, 1.54) is 77.0 Å². The van der Waals surface area contributed by atoms with Crippen molar-refractivity contribution in [1.82, 2.24) is 0 Å². The lowest BCUT2D eigenvalue weighted by Gasteiger charge is -2.12. The van der Waals surface area contributed by atoms with E-state index in [2.05, 4.69) is 0 Å². The number of benzene rings is 3. The molecule has 0 atom stereocenters. The second kappa shape index (κ2) is 10.4. The van der Waals surface area contributed by atoms with Gasteiger partial charge in [0, 0.05) is 22.3 Å². The summed E-state index contributed by atoms with van der Waals surface area (Å²) in [4.78, 5) is 53.0. The summed E-state index contributed by atoms with van der Waals surface area (Å²) < 4.78 is 31.4. The summed E-state index contributed by atoms with van der Waals surface area (Å²) in [5, 5.41) is 0. The molecule has 0 spiro atoms. The molecule has 1 heterocycles. The van der Waals surface area contributed by atoms with Crippen molar-refractivity contribution in [2.45, 2.75) is 0 Å². The first-order chi connectivity index (χ1) is 17.8. The SMILES string of the molecule is COc1ccc(C(=O)C(=O)c2cc3c(cc2C(=O)C(=O)c2ccc(OC)c(OC)c2)OCO3)cc1OC. The quantitative estimate of drug-likeness (QED) is 0.298. The Labute approximate surface area is 211 Å². The van der Waals surface area contributed by atoms with Crippen LogP contribution in [0.2, 0.25) is 0 Å². The molecule has 3 aromatic rings. The Morgan fingerprint density at radius 2 is 0.919 bits per heavy atom. The summed E-state index contributed by atoms with van der Waals surface area (Å²) in [5.74, 6) is -2.34. The van der Waals surface area contributed by atoms with E-state index in [1.54, 1.807) is 0 Å². The lowest BCUT2D eigenvalue weighted by atomic mass is 9.92. The first-order valence-electron chi connectivity index (χ1n) is 10.9. The lowest BCUT2D eigenvalue weighted by molar-refractivity contribution is 0.0800. The largest absolute Gasteiger partial charge is 0.493 e. The molecule has 4 rings (SSSR count). The maximum Gasteiger partial charge on any atom is 0.234 e. The van der Waals surface area contributed by atoms with Crippen LogP contribution in [0.1, 0.15) is 41.4 Å². The molecular weight excluding hydrogens is 484 g/mol. The molecule has 1 aliphatic rings. The average molecular weight is 506 g/mol. The molecule has 0 unspecified atom stereocenters. The molecule has 0 saturated carbocycles. The van der Waals surface area contributed by atoms with Crippen LogP contribution in [-0.2, 0) is 0 Å². The molecule has 1 aliphatic heterocycles. The van der Waals surface area contributed by atoms with Crippen LogP contribution in [0.3, 0.4) is 0 Å². The minimum Gasteiger partial charge on any atom is -0.493 e. The van der Waals surface area contributed by atoms with Crippen LogP contribution in [0.4, 0.5) is 0 Å². The van der Waals surface area contributed by atoms with Crippen LogP contribution in [0, 0.1) is 0 Å². The third-order valence-electron chi connectivity index (χ3n) is 5.71. The highest BCUT2D eigenvalue weighted by atomic mass is 16.7. The molecule has 0 aromatic heterocycles. The van der Waals surface area contributed by atoms with E-state index < -0.39 is 23.1 Å². The molecule has 0 amide bonds. The highest BCUT2D eigenvalue weighted by molar-refractivity contribution is 6.54. The normalized spacial score (nSPS) is 11.5. The van der Waals surface area contributed by atoms with Crippen molar-refractivity contribution < 1.29 is 47.6 Å². The van der Waals surface area contributed by atoms with Gasteiger partial charge in [-0.25, -0.2) is 0 Å². The van der Waals surface area contributed by atoms with Gasteiger partial charge in [0.1, 0.15) is 0 Å². The van der Waals surface area contributed by atoms with Crippen molar-refractivity contribution in [3.05, 3.63) is 70.8 Å². The van der Waals surface area contributed by atoms with Crippen LogP contribution in [0.25, 0.3) is 0 Å². The van der Waals surface area contributed by atoms with Crippen molar-refractivity contribution in [3.8, 4) is 34.5 Å². The Morgan fingerprint density at radius 1 is 0.541 bits per heavy atom. The average Bonchev–Trinajstić information content (AvgIpc) is 3.41. The van der Waals surface area contributed by atoms with Crippen LogP contribution in [0.15, 0.2) is 48.5 Å². The zero-order chi connectivity index (χ0) is 26.7. The number of ether oxygens (including phenoxy) is 6. The fourth-order valence-electron chi connectivity index (χ4n) is 3.78. The summed E-state index contributed by atoms with van der Waals surface area (Å²) in [6.07, 6.45) is 0. The van der Waals surface area contributed by atoms with Gasteiger partial charge in [0.25, 0.3) is 0 Å². The fourth-order valence-corrected chi connectivity index (χ4v) is 3.78. The Balaban J connectivity index is 1.75. The van der Waals surface area contributed by atoms with Crippen LogP contribution in [0.5, 0.6) is 34.5 Å². The Hall–Kier alpha value is -4.86. The van der Waals surface area contributed by atoms with Gasteiger partial charge in [0.15, 0.2) is 34.5 Å². The molecule has 10 nitrogen and oxygen atoms in total. The Morgan fingerprint density at radius 3 is 1.27 bits per heavy atom. The zero-order valence-electron chi connectivity index (χ0n) is 20.4. The number of ketones is 4. The molecule has 3 aromatic carbocycles. The first-order valence-corrected chi connectivity index (χ1v) is 10.9. The van der Waals surface area contributed by atoms with Crippen LogP contribution in [-0.4, -0.2) is 58.4 Å². The third-order valence-corrected chi connectivity index (χ3v) is 5.71. The predicted molar refractivity (Wildman–Crippen MR) is 129 cm³/mol. The van der Waals surface area contributed by atoms with E-state index in [0.29, 0.717) is 11.5 Å². The van der Waals surface area contributed by atoms with Crippen molar-refractivity contribution in [2.24, 2.45) is 0 Å². The monoisotopic (exact) mass is 506 g/mol. The smallest absolute Gasteiger partial charge is 0.234 e. The highest BCUT2D eigenvalue weighted by Gasteiger charge is 2.31. The molecule has 10 heteroatoms. The maximum atomic E-state index is 13.3. The minimum absolute atomic E-state index is 0.00457. The van der Waals surface area contributed by atoms with E-state index in [4.69, 9.17) is 28.4 Å². The topological polar surface area (TPSA) is 124 Å². The summed E-state index contributed by atoms with van der Waals surface area (Å²) in [6, 6.07) is 10.9. The summed E-state index contributed by atoms with van der Waals surface area (Å²) in [7, 11) is 5.65. The number of rotatable bonds is 10. The van der Waals surface area contributed by atoms with Crippen molar-refractivity contribution in [3.63, 3.8) is 0 Å². The maximum absolute atomic E-state index is 13.3. The lowest BCUT2D eigenvalue weighted by Crippen LogP contribution is -2.22. The summed E-state index contributed by atoms with van der Waals surface area (Å²) in [6.45, 7) is -0.145. The molecule has 0 aliphatic carbocycles. The van der Waals surface area contributed by atoms with Gasteiger partial charge in [-0.3, -0.25) is 19.2 Å². The van der Waals surface area contributed by atoms with Gasteiger partial charge in [0.05, 0.1) is 28.4 Å². The standard InChI is InChI=1S/C27H22O10/c1-32-18-7-5-14(9-20(18)34-3)24(28)26(30)16-11-22-23(37-13-36-22)12-17(16)27(31)25(29)15-6-8-19(33-2)21(10-15)35-4/h5-12H,13H2,1-4H3. The van der Waals surface area contributed by atoms with Crippen LogP contribution < -0.4 is 28.4 Å². The number of hydrogen-bond acceptors (Lipinski definition) is 10. The van der Waals surface area contributed by atoms with Gasteiger partial charge in [-0.2, -0.15) is 0 Å². The number of Topliss-reactive ketones (excluding diaryl/α,β-unsaturated/α-hetero) is 4. The van der Waals surface area contributed by atoms with Crippen molar-refractivity contribution in [2.75, 3.05) is 35.2 Å². The predicted octanol–water partition coefficient (Wildman–Crippen LogP) is 3.58. The zero-order valence-corrected chi connectivity index (χ0v) is 20.4. The highest BCUT2D eigenvalue weighted by Crippen LogP contribution is 2.37. The molecule has 0 saturated heterocycles. The van der Waals surface area contributed by atoms with E-state index in [-0.39, 0.29) is 52.0 Å². The second-order valence-electron chi connectivity index (χ2n) is 7.71. The van der Waals surface area contributed by atoms with E-state index in [1.807, 2.05) is 0 Å². The molecule has 0 fully saturated rings. The minimum atomic E-state index is -1.02. The molecule has 190 valence electrons. The second-order valence-corrected chi connectivity index (χ2v) is 7.71. The number of hydrogen-bond donors (Lipinski definition) is 0. The molecule has 0 bridgehead atoms. The Bertz CT molecular complexity index is 1320. The van der Waals surface area contributed by atoms with Gasteiger partial charge in [-0.15, -0.1) is 0 Å². The van der Waals surface area contributed by atoms with Gasteiger partial charge < -0.3 is 28.4 Å². The third kappa shape index (κ3) is 4.68. The van der Waals surface area contributed by atoms with Gasteiger partial charge in [0.2, 0.25) is 29.9 Å². The molecule has 0 radical (unpaired) electrons. The van der Waals surface area contributed by atoms with Gasteiger partial charge >= 0.3 is 0 Å². The van der Waals surface area contributed by atoms with Crippen molar-refractivity contribution in [1.29, 1.82) is 0 Å². The summed E-state index contributed by atoms with van der Waals surface area (Å²) >= 11 is 0. The molecular formula is C27H22O10. The van der Waals surface area contributed by atoms with Crippen molar-refractivity contribution >= 4 is 23.1 Å². The van der Waals surface area contributed by atoms with Gasteiger partial charge in [-0.05, 0) is 48.5 Å². The Kier molecular flexibility index (Phi) is 7.10. The number of fused-ring (bicyclic) bond motifs is 1. The first kappa shape index (κ1) is 25.2. The molecule has 0 N–H and O–H groups in total. The van der Waals surface area contributed by atoms with E-state index in [0.717, 1.165) is 0 Å². The van der Waals surface area contributed by atoms with E-state index >= 15 is 0 Å². The van der Waals surface area contributed by atoms with Gasteiger partial charge in [-0.1, -0.05) is 0 Å². The van der Waals surface area contributed by atoms with Crippen LogP contribution >= 0.6 is 0 Å². The van der Waals surface area contributed by atoms with E-state index in [9.17, 15) is 19.2 Å². The summed E-state index contributed by atoms with van der Waals surface area (Å²) in [5.41, 5.74) is -0.597.